The van der Waals surface area contributed by atoms with Gasteiger partial charge in [0.25, 0.3) is 0 Å². The van der Waals surface area contributed by atoms with Crippen molar-refractivity contribution in [1.82, 2.24) is 25.2 Å². The van der Waals surface area contributed by atoms with Crippen LogP contribution >= 0.6 is 11.6 Å². The van der Waals surface area contributed by atoms with Crippen molar-refractivity contribution in [3.05, 3.63) is 81.5 Å². The Bertz CT molecular complexity index is 1570. The van der Waals surface area contributed by atoms with Crippen LogP contribution in [0.25, 0.3) is 21.9 Å². The number of aromatic nitrogens is 4. The average molecular weight is 475 g/mol. The summed E-state index contributed by atoms with van der Waals surface area (Å²) < 4.78 is 7.52. The van der Waals surface area contributed by atoms with Crippen LogP contribution in [-0.4, -0.2) is 25.7 Å². The van der Waals surface area contributed by atoms with Gasteiger partial charge in [0.2, 0.25) is 0 Å². The molecule has 0 saturated carbocycles. The Hall–Kier alpha value is -3.91. The van der Waals surface area contributed by atoms with Gasteiger partial charge in [0, 0.05) is 35.5 Å². The van der Waals surface area contributed by atoms with Gasteiger partial charge in [-0.1, -0.05) is 29.8 Å². The van der Waals surface area contributed by atoms with Crippen molar-refractivity contribution in [2.24, 2.45) is 7.05 Å². The van der Waals surface area contributed by atoms with Gasteiger partial charge >= 0.3 is 5.91 Å². The number of carbonyl (C=O) groups is 1. The number of furan rings is 1. The maximum atomic E-state index is 12.7. The first-order valence-electron chi connectivity index (χ1n) is 10.8. The Morgan fingerprint density at radius 1 is 1.09 bits per heavy atom. The van der Waals surface area contributed by atoms with E-state index in [1.807, 2.05) is 58.2 Å². The average Bonchev–Trinajstić information content (AvgIpc) is 3.39. The lowest BCUT2D eigenvalue weighted by Crippen LogP contribution is -2.29. The topological polar surface area (TPSA) is 97.9 Å². The summed E-state index contributed by atoms with van der Waals surface area (Å²) in [4.78, 5) is 21.9. The molecule has 0 unspecified atom stereocenters. The van der Waals surface area contributed by atoms with Crippen molar-refractivity contribution in [3.63, 3.8) is 0 Å². The third-order valence-corrected chi connectivity index (χ3v) is 6.27. The quantitative estimate of drug-likeness (QED) is 0.346. The van der Waals surface area contributed by atoms with Crippen molar-refractivity contribution in [2.45, 2.75) is 27.2 Å². The van der Waals surface area contributed by atoms with Crippen LogP contribution in [0, 0.1) is 20.8 Å². The number of pyridine rings is 2. The number of benzene rings is 1. The van der Waals surface area contributed by atoms with E-state index in [1.54, 1.807) is 16.8 Å². The summed E-state index contributed by atoms with van der Waals surface area (Å²) in [5.74, 6) is 0.899. The molecule has 34 heavy (non-hydrogen) atoms. The van der Waals surface area contributed by atoms with Gasteiger partial charge in [-0.15, -0.1) is 0 Å². The van der Waals surface area contributed by atoms with E-state index in [9.17, 15) is 4.79 Å². The van der Waals surface area contributed by atoms with Crippen LogP contribution in [0.3, 0.4) is 0 Å². The van der Waals surface area contributed by atoms with E-state index in [2.05, 4.69) is 25.9 Å². The molecule has 0 radical (unpaired) electrons. The number of nitrogens with zero attached hydrogens (tertiary/aromatic N) is 4. The minimum atomic E-state index is -0.411. The molecule has 1 aromatic carbocycles. The summed E-state index contributed by atoms with van der Waals surface area (Å²) in [5, 5.41) is 6.96. The highest BCUT2D eigenvalue weighted by Gasteiger charge is 2.17. The zero-order chi connectivity index (χ0) is 24.0. The molecule has 2 N–H and O–H groups in total. The van der Waals surface area contributed by atoms with E-state index in [0.29, 0.717) is 23.0 Å². The third-order valence-electron chi connectivity index (χ3n) is 5.84. The Labute approximate surface area is 200 Å². The first-order valence-corrected chi connectivity index (χ1v) is 11.2. The smallest absolute Gasteiger partial charge is 0.305 e. The van der Waals surface area contributed by atoms with Crippen LogP contribution in [0.5, 0.6) is 0 Å². The third kappa shape index (κ3) is 3.86. The van der Waals surface area contributed by atoms with Crippen molar-refractivity contribution >= 4 is 45.3 Å². The number of anilines is 1. The number of carbonyl (C=O) groups excluding carboxylic acids is 1. The van der Waals surface area contributed by atoms with Crippen molar-refractivity contribution in [2.75, 3.05) is 5.43 Å². The molecule has 0 atom stereocenters. The summed E-state index contributed by atoms with van der Waals surface area (Å²) in [7, 11) is 1.84. The van der Waals surface area contributed by atoms with Crippen molar-refractivity contribution in [3.8, 4) is 0 Å². The summed E-state index contributed by atoms with van der Waals surface area (Å²) in [5.41, 5.74) is 10.7. The molecule has 0 saturated heterocycles. The summed E-state index contributed by atoms with van der Waals surface area (Å²) in [6.45, 7) is 5.85. The predicted molar refractivity (Wildman–Crippen MR) is 132 cm³/mol. The van der Waals surface area contributed by atoms with Gasteiger partial charge in [-0.25, -0.2) is 4.98 Å². The van der Waals surface area contributed by atoms with E-state index < -0.39 is 5.91 Å². The minimum absolute atomic E-state index is 0.180. The highest BCUT2D eigenvalue weighted by molar-refractivity contribution is 6.36. The van der Waals surface area contributed by atoms with Crippen LogP contribution in [0.2, 0.25) is 5.02 Å². The molecule has 0 fully saturated rings. The molecule has 0 aliphatic heterocycles. The van der Waals surface area contributed by atoms with Crippen molar-refractivity contribution < 1.29 is 9.21 Å². The molecule has 0 aliphatic carbocycles. The van der Waals surface area contributed by atoms with E-state index in [1.165, 1.54) is 0 Å². The predicted octanol–water partition coefficient (Wildman–Crippen LogP) is 5.04. The fraction of sp³-hybridized carbons (Fsp3) is 0.200. The van der Waals surface area contributed by atoms with Crippen LogP contribution in [0.15, 0.2) is 46.9 Å². The number of amides is 1. The fourth-order valence-electron chi connectivity index (χ4n) is 4.21. The number of hydrogen-bond acceptors (Lipinski definition) is 6. The van der Waals surface area contributed by atoms with Crippen molar-refractivity contribution in [1.29, 1.82) is 0 Å². The van der Waals surface area contributed by atoms with E-state index >= 15 is 0 Å². The zero-order valence-electron chi connectivity index (χ0n) is 19.2. The molecule has 0 bridgehead atoms. The first kappa shape index (κ1) is 21.9. The monoisotopic (exact) mass is 474 g/mol. The number of para-hydroxylation sites is 1. The summed E-state index contributed by atoms with van der Waals surface area (Å²) in [6, 6.07) is 13.0. The van der Waals surface area contributed by atoms with Crippen LogP contribution in [0.1, 0.15) is 38.8 Å². The van der Waals surface area contributed by atoms with Gasteiger partial charge in [0.15, 0.2) is 11.4 Å². The number of hydrazine groups is 1. The molecule has 0 spiro atoms. The lowest BCUT2D eigenvalue weighted by atomic mass is 10.1. The number of hydrogen-bond donors (Lipinski definition) is 2. The van der Waals surface area contributed by atoms with E-state index in [-0.39, 0.29) is 5.76 Å². The first-order chi connectivity index (χ1) is 16.3. The van der Waals surface area contributed by atoms with Crippen LogP contribution < -0.4 is 10.9 Å². The number of aryl methyl sites for hydroxylation is 4. The Morgan fingerprint density at radius 2 is 1.88 bits per heavy atom. The Morgan fingerprint density at radius 3 is 2.71 bits per heavy atom. The standard InChI is InChI=1S/C25H23ClN6O2/c1-13-11-21(28-24-22(13)15(3)31-32(24)4)29-30-25(33)20-10-9-16(34-20)12-18-14(2)27-19-8-6-5-7-17(19)23(18)26/h5-11H,12H2,1-4H3,(H,28,29)(H,30,33). The second-order valence-corrected chi connectivity index (χ2v) is 8.64. The van der Waals surface area contributed by atoms with Gasteiger partial charge in [-0.3, -0.25) is 25.3 Å². The fourth-order valence-corrected chi connectivity index (χ4v) is 4.57. The molecule has 0 aliphatic rings. The lowest BCUT2D eigenvalue weighted by Gasteiger charge is -2.10. The highest BCUT2D eigenvalue weighted by Crippen LogP contribution is 2.30. The number of rotatable bonds is 5. The largest absolute Gasteiger partial charge is 0.456 e. The van der Waals surface area contributed by atoms with E-state index in [0.717, 1.165) is 44.5 Å². The molecule has 4 heterocycles. The number of nitrogens with one attached hydrogen (secondary N) is 2. The normalized spacial score (nSPS) is 11.3. The van der Waals surface area contributed by atoms with Crippen LogP contribution in [0.4, 0.5) is 5.82 Å². The SMILES string of the molecule is Cc1nc2ccccc2c(Cl)c1Cc1ccc(C(=O)NNc2cc(C)c3c(C)nn(C)c3n2)o1. The second-order valence-electron chi connectivity index (χ2n) is 8.26. The number of halogens is 1. The maximum absolute atomic E-state index is 12.7. The minimum Gasteiger partial charge on any atom is -0.456 e. The van der Waals surface area contributed by atoms with Gasteiger partial charge in [0.05, 0.1) is 16.2 Å². The zero-order valence-corrected chi connectivity index (χ0v) is 20.0. The second kappa shape index (κ2) is 8.46. The molecular formula is C25H23ClN6O2. The summed E-state index contributed by atoms with van der Waals surface area (Å²) in [6.07, 6.45) is 0.431. The summed E-state index contributed by atoms with van der Waals surface area (Å²) >= 11 is 6.67. The molecule has 4 aromatic heterocycles. The van der Waals surface area contributed by atoms with Gasteiger partial charge in [-0.05, 0) is 50.6 Å². The Kier molecular flexibility index (Phi) is 5.45. The molecule has 8 nitrogen and oxygen atoms in total. The maximum Gasteiger partial charge on any atom is 0.305 e. The lowest BCUT2D eigenvalue weighted by molar-refractivity contribution is 0.0933. The van der Waals surface area contributed by atoms with E-state index in [4.69, 9.17) is 16.0 Å². The van der Waals surface area contributed by atoms with Gasteiger partial charge in [-0.2, -0.15) is 5.10 Å². The van der Waals surface area contributed by atoms with Crippen LogP contribution in [-0.2, 0) is 13.5 Å². The molecule has 5 rings (SSSR count). The number of fused-ring (bicyclic) bond motifs is 2. The molecule has 1 amide bonds. The molecule has 5 aromatic rings. The molecular weight excluding hydrogens is 452 g/mol. The highest BCUT2D eigenvalue weighted by atomic mass is 35.5. The molecule has 172 valence electrons. The van der Waals surface area contributed by atoms with Gasteiger partial charge < -0.3 is 4.42 Å². The molecule has 9 heteroatoms. The Balaban J connectivity index is 1.32. The van der Waals surface area contributed by atoms with Gasteiger partial charge in [0.1, 0.15) is 11.6 Å².